The molecule has 3 heteroatoms. The Morgan fingerprint density at radius 1 is 0.944 bits per heavy atom. The highest BCUT2D eigenvalue weighted by molar-refractivity contribution is 4.73. The number of nitrogens with zero attached hydrogens (tertiary/aromatic N) is 1. The van der Waals surface area contributed by atoms with E-state index in [9.17, 15) is 5.11 Å². The van der Waals surface area contributed by atoms with Gasteiger partial charge in [0.15, 0.2) is 0 Å². The predicted octanol–water partition coefficient (Wildman–Crippen LogP) is 2.77. The molecule has 3 N–H and O–H groups in total. The van der Waals surface area contributed by atoms with Gasteiger partial charge in [0.2, 0.25) is 0 Å². The molecule has 0 aliphatic heterocycles. The molecule has 1 atom stereocenters. The smallest absolute Gasteiger partial charge is 0.0741 e. The molecule has 3 nitrogen and oxygen atoms in total. The first-order valence-corrected chi connectivity index (χ1v) is 7.70. The van der Waals surface area contributed by atoms with Crippen LogP contribution < -0.4 is 5.73 Å². The van der Waals surface area contributed by atoms with E-state index in [1.807, 2.05) is 6.92 Å². The average Bonchev–Trinajstić information content (AvgIpc) is 2.36. The molecule has 0 aromatic rings. The highest BCUT2D eigenvalue weighted by Gasteiger charge is 2.16. The van der Waals surface area contributed by atoms with Crippen LogP contribution in [-0.4, -0.2) is 41.8 Å². The average molecular weight is 258 g/mol. The van der Waals surface area contributed by atoms with Crippen molar-refractivity contribution in [1.82, 2.24) is 4.90 Å². The molecule has 0 spiro atoms. The summed E-state index contributed by atoms with van der Waals surface area (Å²) < 4.78 is 0. The lowest BCUT2D eigenvalue weighted by Gasteiger charge is -2.24. The quantitative estimate of drug-likeness (QED) is 0.529. The van der Waals surface area contributed by atoms with Crippen LogP contribution >= 0.6 is 0 Å². The minimum Gasteiger partial charge on any atom is -0.389 e. The minimum absolute atomic E-state index is 0.363. The second kappa shape index (κ2) is 10.8. The normalized spacial score (nSPS) is 15.0. The van der Waals surface area contributed by atoms with E-state index < -0.39 is 5.60 Å². The van der Waals surface area contributed by atoms with Crippen LogP contribution in [0.4, 0.5) is 0 Å². The van der Waals surface area contributed by atoms with Crippen LogP contribution in [0.25, 0.3) is 0 Å². The highest BCUT2D eigenvalue weighted by Crippen LogP contribution is 2.12. The number of hydrogen-bond acceptors (Lipinski definition) is 3. The lowest BCUT2D eigenvalue weighted by atomic mass is 9.99. The van der Waals surface area contributed by atoms with Gasteiger partial charge in [-0.25, -0.2) is 0 Å². The molecular weight excluding hydrogens is 224 g/mol. The lowest BCUT2D eigenvalue weighted by Crippen LogP contribution is -2.34. The van der Waals surface area contributed by atoms with Gasteiger partial charge in [-0.2, -0.15) is 0 Å². The molecule has 18 heavy (non-hydrogen) atoms. The molecule has 0 aromatic carbocycles. The Morgan fingerprint density at radius 3 is 1.89 bits per heavy atom. The molecule has 0 radical (unpaired) electrons. The number of nitrogens with two attached hydrogens (primary N) is 1. The van der Waals surface area contributed by atoms with Gasteiger partial charge in [0.1, 0.15) is 0 Å². The fourth-order valence-corrected chi connectivity index (χ4v) is 2.04. The van der Waals surface area contributed by atoms with Crippen LogP contribution in [0, 0.1) is 0 Å². The molecule has 0 rings (SSSR count). The van der Waals surface area contributed by atoms with Gasteiger partial charge in [0, 0.05) is 6.54 Å². The SMILES string of the molecule is CCCCN(CCCC)CCCCC(C)(O)CN. The first-order valence-electron chi connectivity index (χ1n) is 7.70. The van der Waals surface area contributed by atoms with Crippen LogP contribution in [0.2, 0.25) is 0 Å². The van der Waals surface area contributed by atoms with E-state index in [1.54, 1.807) is 0 Å². The van der Waals surface area contributed by atoms with Gasteiger partial charge in [-0.15, -0.1) is 0 Å². The molecule has 0 saturated heterocycles. The first-order chi connectivity index (χ1) is 8.55. The van der Waals surface area contributed by atoms with Crippen LogP contribution in [0.1, 0.15) is 65.7 Å². The minimum atomic E-state index is -0.669. The van der Waals surface area contributed by atoms with Gasteiger partial charge in [0.25, 0.3) is 0 Å². The van der Waals surface area contributed by atoms with Gasteiger partial charge in [-0.3, -0.25) is 0 Å². The summed E-state index contributed by atoms with van der Waals surface area (Å²) in [6, 6.07) is 0. The van der Waals surface area contributed by atoms with E-state index in [-0.39, 0.29) is 0 Å². The Labute approximate surface area is 114 Å². The molecule has 0 aromatic heterocycles. The standard InChI is InChI=1S/C15H34N2O/c1-4-6-11-17(12-7-5-2)13-9-8-10-15(3,18)14-16/h18H,4-14,16H2,1-3H3. The Kier molecular flexibility index (Phi) is 10.7. The topological polar surface area (TPSA) is 49.5 Å². The summed E-state index contributed by atoms with van der Waals surface area (Å²) in [5.41, 5.74) is 4.85. The lowest BCUT2D eigenvalue weighted by molar-refractivity contribution is 0.0563. The van der Waals surface area contributed by atoms with Crippen molar-refractivity contribution in [3.05, 3.63) is 0 Å². The predicted molar refractivity (Wildman–Crippen MR) is 79.8 cm³/mol. The summed E-state index contributed by atoms with van der Waals surface area (Å²) in [4.78, 5) is 2.57. The third-order valence-electron chi connectivity index (χ3n) is 3.54. The van der Waals surface area contributed by atoms with Crippen molar-refractivity contribution in [3.63, 3.8) is 0 Å². The van der Waals surface area contributed by atoms with Crippen molar-refractivity contribution in [2.75, 3.05) is 26.2 Å². The van der Waals surface area contributed by atoms with Crippen molar-refractivity contribution in [2.45, 2.75) is 71.3 Å². The number of unbranched alkanes of at least 4 members (excludes halogenated alkanes) is 3. The van der Waals surface area contributed by atoms with Crippen LogP contribution in [0.15, 0.2) is 0 Å². The van der Waals surface area contributed by atoms with E-state index in [1.165, 1.54) is 51.7 Å². The Balaban J connectivity index is 3.73. The summed E-state index contributed by atoms with van der Waals surface area (Å²) >= 11 is 0. The van der Waals surface area contributed by atoms with Crippen LogP contribution in [0.3, 0.4) is 0 Å². The molecule has 0 heterocycles. The monoisotopic (exact) mass is 258 g/mol. The molecule has 0 aliphatic carbocycles. The Hall–Kier alpha value is -0.120. The molecule has 0 amide bonds. The summed E-state index contributed by atoms with van der Waals surface area (Å²) in [5.74, 6) is 0. The van der Waals surface area contributed by atoms with Crippen molar-refractivity contribution < 1.29 is 5.11 Å². The Morgan fingerprint density at radius 2 is 1.44 bits per heavy atom. The van der Waals surface area contributed by atoms with Crippen LogP contribution in [0.5, 0.6) is 0 Å². The summed E-state index contributed by atoms with van der Waals surface area (Å²) in [6.07, 6.45) is 8.19. The van der Waals surface area contributed by atoms with Gasteiger partial charge in [-0.1, -0.05) is 26.7 Å². The van der Waals surface area contributed by atoms with E-state index in [0.29, 0.717) is 6.54 Å². The molecular formula is C15H34N2O. The fourth-order valence-electron chi connectivity index (χ4n) is 2.04. The molecule has 1 unspecified atom stereocenters. The van der Waals surface area contributed by atoms with Crippen molar-refractivity contribution in [2.24, 2.45) is 5.73 Å². The highest BCUT2D eigenvalue weighted by atomic mass is 16.3. The molecule has 0 aliphatic rings. The first kappa shape index (κ1) is 17.9. The maximum absolute atomic E-state index is 9.83. The molecule has 0 fully saturated rings. The van der Waals surface area contributed by atoms with Gasteiger partial charge < -0.3 is 15.7 Å². The maximum atomic E-state index is 9.83. The number of rotatable bonds is 12. The largest absolute Gasteiger partial charge is 0.389 e. The summed E-state index contributed by atoms with van der Waals surface area (Å²) in [5, 5.41) is 9.83. The van der Waals surface area contributed by atoms with Gasteiger partial charge in [-0.05, 0) is 58.7 Å². The summed E-state index contributed by atoms with van der Waals surface area (Å²) in [7, 11) is 0. The third-order valence-corrected chi connectivity index (χ3v) is 3.54. The molecule has 110 valence electrons. The Bertz CT molecular complexity index is 175. The zero-order chi connectivity index (χ0) is 13.9. The number of hydrogen-bond donors (Lipinski definition) is 2. The number of aliphatic hydroxyl groups is 1. The summed E-state index contributed by atoms with van der Waals surface area (Å²) in [6.45, 7) is 10.3. The zero-order valence-electron chi connectivity index (χ0n) is 12.7. The van der Waals surface area contributed by atoms with Gasteiger partial charge >= 0.3 is 0 Å². The van der Waals surface area contributed by atoms with Crippen molar-refractivity contribution >= 4 is 0 Å². The second-order valence-corrected chi connectivity index (χ2v) is 5.71. The third kappa shape index (κ3) is 9.86. The van der Waals surface area contributed by atoms with Crippen LogP contribution in [-0.2, 0) is 0 Å². The second-order valence-electron chi connectivity index (χ2n) is 5.71. The van der Waals surface area contributed by atoms with E-state index >= 15 is 0 Å². The van der Waals surface area contributed by atoms with E-state index in [2.05, 4.69) is 18.7 Å². The molecule has 0 bridgehead atoms. The van der Waals surface area contributed by atoms with E-state index in [4.69, 9.17) is 5.73 Å². The maximum Gasteiger partial charge on any atom is 0.0741 e. The fraction of sp³-hybridized carbons (Fsp3) is 1.00. The van der Waals surface area contributed by atoms with E-state index in [0.717, 1.165) is 12.8 Å². The zero-order valence-corrected chi connectivity index (χ0v) is 12.7. The van der Waals surface area contributed by atoms with Gasteiger partial charge in [0.05, 0.1) is 5.60 Å². The van der Waals surface area contributed by atoms with Crippen molar-refractivity contribution in [3.8, 4) is 0 Å². The van der Waals surface area contributed by atoms with Crippen molar-refractivity contribution in [1.29, 1.82) is 0 Å². The molecule has 0 saturated carbocycles.